The molecule has 2 heterocycles. The van der Waals surface area contributed by atoms with Crippen molar-refractivity contribution in [3.63, 3.8) is 0 Å². The minimum atomic E-state index is -0.176. The van der Waals surface area contributed by atoms with E-state index in [0.717, 1.165) is 38.5 Å². The lowest BCUT2D eigenvalue weighted by atomic mass is 10.2. The predicted molar refractivity (Wildman–Crippen MR) is 140 cm³/mol. The summed E-state index contributed by atoms with van der Waals surface area (Å²) in [5.74, 6) is 0.438. The third kappa shape index (κ3) is 4.20. The van der Waals surface area contributed by atoms with Gasteiger partial charge in [-0.2, -0.15) is 5.10 Å². The quantitative estimate of drug-likeness (QED) is 0.277. The second kappa shape index (κ2) is 9.15. The van der Waals surface area contributed by atoms with E-state index in [1.165, 1.54) is 0 Å². The molecule has 34 heavy (non-hydrogen) atoms. The van der Waals surface area contributed by atoms with E-state index in [2.05, 4.69) is 57.9 Å². The molecule has 0 aliphatic rings. The van der Waals surface area contributed by atoms with Gasteiger partial charge >= 0.3 is 0 Å². The molecule has 1 amide bonds. The van der Waals surface area contributed by atoms with Gasteiger partial charge in [-0.25, -0.2) is 4.68 Å². The number of carbonyl (C=O) groups excluding carboxylic acids is 1. The lowest BCUT2D eigenvalue weighted by Crippen LogP contribution is -2.14. The Morgan fingerprint density at radius 1 is 0.824 bits per heavy atom. The molecule has 1 N–H and O–H groups in total. The van der Waals surface area contributed by atoms with Crippen molar-refractivity contribution in [3.8, 4) is 22.6 Å². The summed E-state index contributed by atoms with van der Waals surface area (Å²) in [5.41, 5.74) is 6.56. The van der Waals surface area contributed by atoms with Gasteiger partial charge in [-0.3, -0.25) is 4.79 Å². The third-order valence-electron chi connectivity index (χ3n) is 5.78. The summed E-state index contributed by atoms with van der Waals surface area (Å²) < 4.78 is 5.03. The number of para-hydroxylation sites is 1. The van der Waals surface area contributed by atoms with E-state index < -0.39 is 0 Å². The first-order valence-electron chi connectivity index (χ1n) is 11.0. The van der Waals surface area contributed by atoms with Crippen molar-refractivity contribution in [2.75, 3.05) is 5.32 Å². The van der Waals surface area contributed by atoms with Gasteiger partial charge in [0, 0.05) is 38.7 Å². The molecule has 2 aromatic heterocycles. The Labute approximate surface area is 206 Å². The molecule has 0 saturated heterocycles. The molecule has 0 bridgehead atoms. The molecule has 5 aromatic rings. The fraction of sp³-hybridized carbons (Fsp3) is 0.0714. The Hall–Kier alpha value is -3.90. The van der Waals surface area contributed by atoms with Gasteiger partial charge < -0.3 is 9.88 Å². The van der Waals surface area contributed by atoms with Crippen LogP contribution in [0.3, 0.4) is 0 Å². The molecule has 0 aliphatic heterocycles. The van der Waals surface area contributed by atoms with Gasteiger partial charge in [-0.05, 0) is 68.4 Å². The van der Waals surface area contributed by atoms with E-state index in [1.54, 1.807) is 16.8 Å². The zero-order valence-electron chi connectivity index (χ0n) is 18.9. The van der Waals surface area contributed by atoms with Gasteiger partial charge in [-0.1, -0.05) is 52.3 Å². The van der Waals surface area contributed by atoms with Crippen LogP contribution in [-0.2, 0) is 0 Å². The second-order valence-corrected chi connectivity index (χ2v) is 8.99. The van der Waals surface area contributed by atoms with Crippen LogP contribution >= 0.6 is 15.9 Å². The topological polar surface area (TPSA) is 51.9 Å². The summed E-state index contributed by atoms with van der Waals surface area (Å²) >= 11 is 3.51. The SMILES string of the molecule is Cc1cc(-c2cc(NC(=O)c3ccccc3)n(-c3ccccc3)n2)c(C)n1-c1ccc(Br)cc1. The zero-order valence-corrected chi connectivity index (χ0v) is 20.5. The molecule has 0 saturated carbocycles. The highest BCUT2D eigenvalue weighted by atomic mass is 79.9. The molecule has 0 spiro atoms. The van der Waals surface area contributed by atoms with Crippen LogP contribution in [0.5, 0.6) is 0 Å². The molecule has 0 atom stereocenters. The van der Waals surface area contributed by atoms with E-state index in [-0.39, 0.29) is 5.91 Å². The zero-order chi connectivity index (χ0) is 23.7. The molecular weight excluding hydrogens is 488 g/mol. The number of benzene rings is 3. The Morgan fingerprint density at radius 2 is 1.47 bits per heavy atom. The molecule has 0 fully saturated rings. The lowest BCUT2D eigenvalue weighted by Gasteiger charge is -2.10. The van der Waals surface area contributed by atoms with Crippen molar-refractivity contribution in [3.05, 3.63) is 118 Å². The Bertz CT molecular complexity index is 1450. The largest absolute Gasteiger partial charge is 0.318 e. The summed E-state index contributed by atoms with van der Waals surface area (Å²) in [6.45, 7) is 4.18. The monoisotopic (exact) mass is 510 g/mol. The van der Waals surface area contributed by atoms with E-state index in [9.17, 15) is 4.79 Å². The van der Waals surface area contributed by atoms with Crippen molar-refractivity contribution in [2.24, 2.45) is 0 Å². The minimum absolute atomic E-state index is 0.176. The highest BCUT2D eigenvalue weighted by molar-refractivity contribution is 9.10. The number of amides is 1. The average molecular weight is 511 g/mol. The summed E-state index contributed by atoms with van der Waals surface area (Å²) in [7, 11) is 0. The maximum Gasteiger partial charge on any atom is 0.256 e. The van der Waals surface area contributed by atoms with Gasteiger partial charge in [-0.15, -0.1) is 0 Å². The number of rotatable bonds is 5. The highest BCUT2D eigenvalue weighted by Crippen LogP contribution is 2.32. The van der Waals surface area contributed by atoms with Crippen molar-refractivity contribution >= 4 is 27.7 Å². The van der Waals surface area contributed by atoms with Gasteiger partial charge in [0.25, 0.3) is 5.91 Å². The number of halogens is 1. The number of hydrogen-bond acceptors (Lipinski definition) is 2. The van der Waals surface area contributed by atoms with Crippen LogP contribution in [0.25, 0.3) is 22.6 Å². The number of anilines is 1. The first-order valence-corrected chi connectivity index (χ1v) is 11.8. The van der Waals surface area contributed by atoms with Crippen molar-refractivity contribution < 1.29 is 4.79 Å². The Kier molecular flexibility index (Phi) is 5.90. The van der Waals surface area contributed by atoms with Crippen LogP contribution in [0.2, 0.25) is 0 Å². The predicted octanol–water partition coefficient (Wildman–Crippen LogP) is 6.96. The Morgan fingerprint density at radius 3 is 2.15 bits per heavy atom. The number of nitrogens with zero attached hydrogens (tertiary/aromatic N) is 3. The van der Waals surface area contributed by atoms with E-state index in [4.69, 9.17) is 5.10 Å². The number of carbonyl (C=O) groups is 1. The van der Waals surface area contributed by atoms with Crippen molar-refractivity contribution in [1.29, 1.82) is 0 Å². The average Bonchev–Trinajstić information content (AvgIpc) is 3.41. The fourth-order valence-corrected chi connectivity index (χ4v) is 4.42. The molecule has 0 unspecified atom stereocenters. The smallest absolute Gasteiger partial charge is 0.256 e. The molecule has 168 valence electrons. The number of hydrogen-bond donors (Lipinski definition) is 1. The van der Waals surface area contributed by atoms with Crippen LogP contribution in [0, 0.1) is 13.8 Å². The van der Waals surface area contributed by atoms with Crippen LogP contribution in [-0.4, -0.2) is 20.3 Å². The van der Waals surface area contributed by atoms with Crippen LogP contribution < -0.4 is 5.32 Å². The fourth-order valence-electron chi connectivity index (χ4n) is 4.16. The second-order valence-electron chi connectivity index (χ2n) is 8.08. The Balaban J connectivity index is 1.59. The van der Waals surface area contributed by atoms with Gasteiger partial charge in [0.05, 0.1) is 11.4 Å². The number of nitrogens with one attached hydrogen (secondary N) is 1. The molecule has 0 radical (unpaired) electrons. The number of aryl methyl sites for hydroxylation is 1. The van der Waals surface area contributed by atoms with E-state index >= 15 is 0 Å². The van der Waals surface area contributed by atoms with Crippen LogP contribution in [0.15, 0.2) is 102 Å². The molecule has 3 aromatic carbocycles. The first-order chi connectivity index (χ1) is 16.5. The molecule has 0 aliphatic carbocycles. The van der Waals surface area contributed by atoms with E-state index in [0.29, 0.717) is 11.4 Å². The van der Waals surface area contributed by atoms with Crippen molar-refractivity contribution in [2.45, 2.75) is 13.8 Å². The maximum atomic E-state index is 12.9. The molecule has 6 heteroatoms. The first kappa shape index (κ1) is 21.9. The van der Waals surface area contributed by atoms with Gasteiger partial charge in [0.15, 0.2) is 0 Å². The normalized spacial score (nSPS) is 10.9. The van der Waals surface area contributed by atoms with Gasteiger partial charge in [0.2, 0.25) is 0 Å². The van der Waals surface area contributed by atoms with Crippen molar-refractivity contribution in [1.82, 2.24) is 14.3 Å². The third-order valence-corrected chi connectivity index (χ3v) is 6.31. The standard InChI is InChI=1S/C28H23BrN4O/c1-19-17-25(20(2)32(19)23-15-13-22(29)14-16-23)26-18-27(30-28(34)21-9-5-3-6-10-21)33(31-26)24-11-7-4-8-12-24/h3-18H,1-2H3,(H,30,34). The summed E-state index contributed by atoms with van der Waals surface area (Å²) in [4.78, 5) is 12.9. The van der Waals surface area contributed by atoms with Crippen LogP contribution in [0.4, 0.5) is 5.82 Å². The van der Waals surface area contributed by atoms with Crippen LogP contribution in [0.1, 0.15) is 21.7 Å². The van der Waals surface area contributed by atoms with Gasteiger partial charge in [0.1, 0.15) is 5.82 Å². The maximum absolute atomic E-state index is 12.9. The number of aromatic nitrogens is 3. The lowest BCUT2D eigenvalue weighted by molar-refractivity contribution is 0.102. The molecular formula is C28H23BrN4O. The highest BCUT2D eigenvalue weighted by Gasteiger charge is 2.19. The molecule has 5 rings (SSSR count). The summed E-state index contributed by atoms with van der Waals surface area (Å²) in [5, 5.41) is 7.95. The minimum Gasteiger partial charge on any atom is -0.318 e. The van der Waals surface area contributed by atoms with E-state index in [1.807, 2.05) is 66.7 Å². The molecule has 5 nitrogen and oxygen atoms in total. The summed E-state index contributed by atoms with van der Waals surface area (Å²) in [6, 6.07) is 31.3. The summed E-state index contributed by atoms with van der Waals surface area (Å²) in [6.07, 6.45) is 0.